The van der Waals surface area contributed by atoms with Crippen molar-refractivity contribution in [2.75, 3.05) is 0 Å². The van der Waals surface area contributed by atoms with Gasteiger partial charge in [-0.05, 0) is 13.8 Å². The summed E-state index contributed by atoms with van der Waals surface area (Å²) in [6.07, 6.45) is 0.615. The molecule has 14 heavy (non-hydrogen) atoms. The Morgan fingerprint density at radius 1 is 1.57 bits per heavy atom. The zero-order chi connectivity index (χ0) is 10.7. The second-order valence-electron chi connectivity index (χ2n) is 2.71. The van der Waals surface area contributed by atoms with E-state index >= 15 is 0 Å². The number of rotatable bonds is 3. The summed E-state index contributed by atoms with van der Waals surface area (Å²) in [6, 6.07) is 0. The SMILES string of the molecule is C/C=C/c1c(C(F)F)nn(CC)c1Cl. The fourth-order valence-corrected chi connectivity index (χ4v) is 1.48. The summed E-state index contributed by atoms with van der Waals surface area (Å²) in [4.78, 5) is 0. The quantitative estimate of drug-likeness (QED) is 0.762. The topological polar surface area (TPSA) is 17.8 Å². The molecule has 0 atom stereocenters. The Hall–Kier alpha value is -0.900. The number of halogens is 3. The van der Waals surface area contributed by atoms with E-state index < -0.39 is 6.43 Å². The van der Waals surface area contributed by atoms with Gasteiger partial charge in [-0.15, -0.1) is 0 Å². The summed E-state index contributed by atoms with van der Waals surface area (Å²) in [5, 5.41) is 3.99. The van der Waals surface area contributed by atoms with Gasteiger partial charge in [-0.2, -0.15) is 5.10 Å². The molecule has 1 rings (SSSR count). The second kappa shape index (κ2) is 4.55. The number of alkyl halides is 2. The molecule has 0 spiro atoms. The lowest BCUT2D eigenvalue weighted by atomic mass is 10.2. The highest BCUT2D eigenvalue weighted by molar-refractivity contribution is 6.31. The highest BCUT2D eigenvalue weighted by atomic mass is 35.5. The smallest absolute Gasteiger partial charge is 0.253 e. The van der Waals surface area contributed by atoms with Gasteiger partial charge in [0.1, 0.15) is 10.8 Å². The van der Waals surface area contributed by atoms with E-state index in [0.29, 0.717) is 12.1 Å². The van der Waals surface area contributed by atoms with Gasteiger partial charge in [0.25, 0.3) is 6.43 Å². The van der Waals surface area contributed by atoms with E-state index in [9.17, 15) is 8.78 Å². The molecule has 1 aromatic rings. The Bertz CT molecular complexity index is 345. The zero-order valence-corrected chi connectivity index (χ0v) is 8.72. The molecule has 0 aliphatic carbocycles. The Morgan fingerprint density at radius 2 is 2.21 bits per heavy atom. The molecule has 0 N–H and O–H groups in total. The average molecular weight is 221 g/mol. The molecule has 0 saturated heterocycles. The minimum atomic E-state index is -2.59. The Balaban J connectivity index is 3.27. The van der Waals surface area contributed by atoms with Crippen LogP contribution in [0, 0.1) is 0 Å². The maximum atomic E-state index is 12.5. The van der Waals surface area contributed by atoms with Gasteiger partial charge < -0.3 is 0 Å². The first-order valence-electron chi connectivity index (χ1n) is 4.28. The molecule has 0 aromatic carbocycles. The maximum Gasteiger partial charge on any atom is 0.282 e. The highest BCUT2D eigenvalue weighted by Gasteiger charge is 2.20. The third-order valence-corrected chi connectivity index (χ3v) is 2.19. The van der Waals surface area contributed by atoms with Gasteiger partial charge in [-0.3, -0.25) is 4.68 Å². The molecule has 0 bridgehead atoms. The minimum Gasteiger partial charge on any atom is -0.253 e. The lowest BCUT2D eigenvalue weighted by Crippen LogP contribution is -1.97. The summed E-state index contributed by atoms with van der Waals surface area (Å²) >= 11 is 5.87. The molecule has 78 valence electrons. The highest BCUT2D eigenvalue weighted by Crippen LogP contribution is 2.28. The van der Waals surface area contributed by atoms with Crippen LogP contribution >= 0.6 is 11.6 Å². The van der Waals surface area contributed by atoms with Crippen LogP contribution in [0.2, 0.25) is 5.15 Å². The van der Waals surface area contributed by atoms with Gasteiger partial charge in [0.2, 0.25) is 0 Å². The van der Waals surface area contributed by atoms with E-state index in [2.05, 4.69) is 5.10 Å². The van der Waals surface area contributed by atoms with Gasteiger partial charge in [-0.1, -0.05) is 23.8 Å². The van der Waals surface area contributed by atoms with Gasteiger partial charge in [0.15, 0.2) is 0 Å². The first-order chi connectivity index (χ1) is 6.61. The Morgan fingerprint density at radius 3 is 2.64 bits per heavy atom. The summed E-state index contributed by atoms with van der Waals surface area (Å²) in [5.74, 6) is 0. The van der Waals surface area contributed by atoms with Crippen LogP contribution in [0.3, 0.4) is 0 Å². The van der Waals surface area contributed by atoms with Crippen molar-refractivity contribution in [1.82, 2.24) is 9.78 Å². The van der Waals surface area contributed by atoms with Crippen molar-refractivity contribution in [2.45, 2.75) is 26.8 Å². The third-order valence-electron chi connectivity index (χ3n) is 1.79. The van der Waals surface area contributed by atoms with Crippen molar-refractivity contribution in [3.8, 4) is 0 Å². The van der Waals surface area contributed by atoms with Crippen molar-refractivity contribution in [2.24, 2.45) is 0 Å². The Labute approximate surface area is 86.2 Å². The molecule has 0 amide bonds. The van der Waals surface area contributed by atoms with E-state index in [4.69, 9.17) is 11.6 Å². The molecule has 5 heteroatoms. The molecule has 0 unspecified atom stereocenters. The van der Waals surface area contributed by atoms with Crippen molar-refractivity contribution in [3.05, 3.63) is 22.5 Å². The van der Waals surface area contributed by atoms with E-state index in [1.807, 2.05) is 0 Å². The molecule has 0 fully saturated rings. The number of aromatic nitrogens is 2. The first-order valence-corrected chi connectivity index (χ1v) is 4.66. The van der Waals surface area contributed by atoms with Crippen LogP contribution in [0.1, 0.15) is 31.5 Å². The van der Waals surface area contributed by atoms with Gasteiger partial charge in [0, 0.05) is 12.1 Å². The van der Waals surface area contributed by atoms with Crippen molar-refractivity contribution in [1.29, 1.82) is 0 Å². The van der Waals surface area contributed by atoms with E-state index in [1.54, 1.807) is 26.0 Å². The number of hydrogen-bond acceptors (Lipinski definition) is 1. The number of aryl methyl sites for hydroxylation is 1. The average Bonchev–Trinajstić information content (AvgIpc) is 2.45. The summed E-state index contributed by atoms with van der Waals surface area (Å²) < 4.78 is 26.4. The van der Waals surface area contributed by atoms with E-state index in [0.717, 1.165) is 0 Å². The van der Waals surface area contributed by atoms with Crippen LogP contribution in [0.4, 0.5) is 8.78 Å². The monoisotopic (exact) mass is 220 g/mol. The summed E-state index contributed by atoms with van der Waals surface area (Å²) in [7, 11) is 0. The van der Waals surface area contributed by atoms with Crippen molar-refractivity contribution >= 4 is 17.7 Å². The number of nitrogens with zero attached hydrogens (tertiary/aromatic N) is 2. The molecule has 0 saturated carbocycles. The van der Waals surface area contributed by atoms with Gasteiger partial charge in [-0.25, -0.2) is 8.78 Å². The number of hydrogen-bond donors (Lipinski definition) is 0. The molecule has 0 radical (unpaired) electrons. The van der Waals surface area contributed by atoms with Crippen LogP contribution in [0.5, 0.6) is 0 Å². The molecular weight excluding hydrogens is 210 g/mol. The van der Waals surface area contributed by atoms with Crippen LogP contribution in [0.15, 0.2) is 6.08 Å². The summed E-state index contributed by atoms with van der Waals surface area (Å²) in [6.45, 7) is 4.03. The van der Waals surface area contributed by atoms with Crippen molar-refractivity contribution < 1.29 is 8.78 Å². The van der Waals surface area contributed by atoms with Crippen LogP contribution < -0.4 is 0 Å². The predicted molar refractivity (Wildman–Crippen MR) is 52.6 cm³/mol. The molecule has 2 nitrogen and oxygen atoms in total. The molecule has 0 aliphatic rings. The van der Waals surface area contributed by atoms with Crippen LogP contribution in [0.25, 0.3) is 6.08 Å². The fraction of sp³-hybridized carbons (Fsp3) is 0.444. The standard InChI is InChI=1S/C9H11ClF2N2/c1-3-5-6-7(9(11)12)13-14(4-2)8(6)10/h3,5,9H,4H2,1-2H3/b5-3+. The largest absolute Gasteiger partial charge is 0.282 e. The normalized spacial score (nSPS) is 11.9. The summed E-state index contributed by atoms with van der Waals surface area (Å²) in [5.41, 5.74) is 0.0565. The van der Waals surface area contributed by atoms with Gasteiger partial charge >= 0.3 is 0 Å². The molecule has 1 heterocycles. The van der Waals surface area contributed by atoms with Gasteiger partial charge in [0.05, 0.1) is 0 Å². The van der Waals surface area contributed by atoms with Crippen LogP contribution in [-0.4, -0.2) is 9.78 Å². The second-order valence-corrected chi connectivity index (χ2v) is 3.06. The Kier molecular flexibility index (Phi) is 3.63. The minimum absolute atomic E-state index is 0.255. The fourth-order valence-electron chi connectivity index (χ4n) is 1.16. The van der Waals surface area contributed by atoms with Crippen LogP contribution in [-0.2, 0) is 6.54 Å². The zero-order valence-electron chi connectivity index (χ0n) is 7.97. The predicted octanol–water partition coefficient (Wildman–Crippen LogP) is 3.53. The lowest BCUT2D eigenvalue weighted by molar-refractivity contribution is 0.145. The maximum absolute atomic E-state index is 12.5. The lowest BCUT2D eigenvalue weighted by Gasteiger charge is -1.95. The molecular formula is C9H11ClF2N2. The third kappa shape index (κ3) is 1.95. The first kappa shape index (κ1) is 11.2. The van der Waals surface area contributed by atoms with E-state index in [1.165, 1.54) is 4.68 Å². The van der Waals surface area contributed by atoms with E-state index in [-0.39, 0.29) is 10.8 Å². The molecule has 1 aromatic heterocycles. The number of allylic oxidation sites excluding steroid dienone is 1. The van der Waals surface area contributed by atoms with Crippen molar-refractivity contribution in [3.63, 3.8) is 0 Å². The molecule has 0 aliphatic heterocycles.